The van der Waals surface area contributed by atoms with Gasteiger partial charge in [0.2, 0.25) is 0 Å². The van der Waals surface area contributed by atoms with Crippen molar-refractivity contribution in [2.24, 2.45) is 16.8 Å². The molecular formula is C21H25BrCl2N2S. The Morgan fingerprint density at radius 2 is 1.81 bits per heavy atom. The lowest BCUT2D eigenvalue weighted by atomic mass is 9.62. The Labute approximate surface area is 185 Å². The molecule has 0 unspecified atom stereocenters. The lowest BCUT2D eigenvalue weighted by molar-refractivity contribution is 0.281. The summed E-state index contributed by atoms with van der Waals surface area (Å²) in [5, 5.41) is 3.68. The van der Waals surface area contributed by atoms with E-state index in [-0.39, 0.29) is 22.4 Å². The first-order chi connectivity index (χ1) is 12.7. The fourth-order valence-electron chi connectivity index (χ4n) is 4.09. The monoisotopic (exact) mass is 486 g/mol. The van der Waals surface area contributed by atoms with E-state index in [0.717, 1.165) is 24.9 Å². The molecule has 1 heterocycles. The number of rotatable bonds is 6. The number of halogens is 3. The SMILES string of the molecule is Br.Clc1ccc(C2(c3csc(=NCC4CC4)n3CC3CC3)CCC2)cc1Cl. The first-order valence-corrected chi connectivity index (χ1v) is 11.4. The fraction of sp³-hybridized carbons (Fsp3) is 0.571. The third kappa shape index (κ3) is 3.92. The van der Waals surface area contributed by atoms with Crippen LogP contribution >= 0.6 is 51.5 Å². The van der Waals surface area contributed by atoms with Crippen LogP contribution in [0.15, 0.2) is 28.6 Å². The summed E-state index contributed by atoms with van der Waals surface area (Å²) in [7, 11) is 0. The average molecular weight is 488 g/mol. The molecule has 0 amide bonds. The van der Waals surface area contributed by atoms with E-state index in [0.29, 0.717) is 10.0 Å². The highest BCUT2D eigenvalue weighted by atomic mass is 79.9. The molecule has 3 aliphatic rings. The Bertz CT molecular complexity index is 892. The van der Waals surface area contributed by atoms with Crippen LogP contribution in [-0.4, -0.2) is 11.1 Å². The third-order valence-electron chi connectivity index (χ3n) is 6.29. The smallest absolute Gasteiger partial charge is 0.184 e. The summed E-state index contributed by atoms with van der Waals surface area (Å²) < 4.78 is 2.55. The zero-order valence-electron chi connectivity index (χ0n) is 15.3. The van der Waals surface area contributed by atoms with Crippen molar-refractivity contribution in [3.05, 3.63) is 49.7 Å². The second kappa shape index (κ2) is 7.85. The van der Waals surface area contributed by atoms with Gasteiger partial charge in [-0.2, -0.15) is 0 Å². The molecule has 0 spiro atoms. The van der Waals surface area contributed by atoms with Gasteiger partial charge in [0, 0.05) is 29.6 Å². The van der Waals surface area contributed by atoms with Gasteiger partial charge in [-0.3, -0.25) is 4.99 Å². The Kier molecular flexibility index (Phi) is 5.82. The van der Waals surface area contributed by atoms with Gasteiger partial charge in [-0.15, -0.1) is 28.3 Å². The molecule has 1 aromatic carbocycles. The Morgan fingerprint density at radius 3 is 2.41 bits per heavy atom. The summed E-state index contributed by atoms with van der Waals surface area (Å²) in [6, 6.07) is 6.21. The normalized spacial score (nSPS) is 21.6. The summed E-state index contributed by atoms with van der Waals surface area (Å²) in [6.07, 6.45) is 9.10. The van der Waals surface area contributed by atoms with E-state index in [2.05, 4.69) is 22.1 Å². The van der Waals surface area contributed by atoms with Gasteiger partial charge in [0.25, 0.3) is 0 Å². The van der Waals surface area contributed by atoms with Crippen LogP contribution in [0.1, 0.15) is 56.2 Å². The van der Waals surface area contributed by atoms with Crippen molar-refractivity contribution in [2.75, 3.05) is 6.54 Å². The lowest BCUT2D eigenvalue weighted by Gasteiger charge is -2.43. The molecule has 3 aliphatic carbocycles. The van der Waals surface area contributed by atoms with Crippen molar-refractivity contribution < 1.29 is 0 Å². The van der Waals surface area contributed by atoms with Crippen LogP contribution in [0, 0.1) is 11.8 Å². The minimum Gasteiger partial charge on any atom is -0.320 e. The van der Waals surface area contributed by atoms with E-state index >= 15 is 0 Å². The van der Waals surface area contributed by atoms with Gasteiger partial charge >= 0.3 is 0 Å². The first-order valence-electron chi connectivity index (χ1n) is 9.80. The lowest BCUT2D eigenvalue weighted by Crippen LogP contribution is -2.39. The highest BCUT2D eigenvalue weighted by Gasteiger charge is 2.43. The number of hydrogen-bond donors (Lipinski definition) is 0. The topological polar surface area (TPSA) is 17.3 Å². The van der Waals surface area contributed by atoms with Crippen molar-refractivity contribution in [2.45, 2.75) is 56.9 Å². The number of hydrogen-bond acceptors (Lipinski definition) is 2. The summed E-state index contributed by atoms with van der Waals surface area (Å²) in [5.74, 6) is 1.68. The third-order valence-corrected chi connectivity index (χ3v) is 7.93. The Hall–Kier alpha value is -0.290. The minimum atomic E-state index is 0. The highest BCUT2D eigenvalue weighted by Crippen LogP contribution is 2.50. The Morgan fingerprint density at radius 1 is 1.07 bits per heavy atom. The van der Waals surface area contributed by atoms with Crippen LogP contribution in [0.25, 0.3) is 0 Å². The maximum atomic E-state index is 6.36. The maximum absolute atomic E-state index is 6.36. The standard InChI is InChI=1S/C21H24Cl2N2S.BrH/c22-17-7-6-16(10-18(17)23)21(8-1-9-21)19-13-26-20(24-11-14-2-3-14)25(19)12-15-4-5-15;/h6-7,10,13-15H,1-5,8-9,11-12H2;1H. The molecular weight excluding hydrogens is 463 g/mol. The van der Waals surface area contributed by atoms with Crippen LogP contribution in [0.5, 0.6) is 0 Å². The van der Waals surface area contributed by atoms with Crippen molar-refractivity contribution in [1.29, 1.82) is 0 Å². The molecule has 0 saturated heterocycles. The predicted octanol–water partition coefficient (Wildman–Crippen LogP) is 6.63. The molecule has 1 aromatic heterocycles. The van der Waals surface area contributed by atoms with E-state index < -0.39 is 0 Å². The molecule has 5 rings (SSSR count). The largest absolute Gasteiger partial charge is 0.320 e. The summed E-state index contributed by atoms with van der Waals surface area (Å²) in [6.45, 7) is 2.13. The van der Waals surface area contributed by atoms with Crippen molar-refractivity contribution >= 4 is 51.5 Å². The number of nitrogens with zero attached hydrogens (tertiary/aromatic N) is 2. The molecule has 0 N–H and O–H groups in total. The van der Waals surface area contributed by atoms with Gasteiger partial charge < -0.3 is 4.57 Å². The molecule has 146 valence electrons. The zero-order valence-corrected chi connectivity index (χ0v) is 19.3. The van der Waals surface area contributed by atoms with Crippen LogP contribution in [-0.2, 0) is 12.0 Å². The van der Waals surface area contributed by atoms with Crippen LogP contribution in [0.2, 0.25) is 10.0 Å². The summed E-state index contributed by atoms with van der Waals surface area (Å²) >= 11 is 14.4. The second-order valence-corrected chi connectivity index (χ2v) is 9.96. The quantitative estimate of drug-likeness (QED) is 0.435. The first kappa shape index (κ1) is 20.0. The van der Waals surface area contributed by atoms with Gasteiger partial charge in [0.05, 0.1) is 10.0 Å². The van der Waals surface area contributed by atoms with Gasteiger partial charge in [0.15, 0.2) is 4.80 Å². The molecule has 2 aromatic rings. The minimum absolute atomic E-state index is 0. The average Bonchev–Trinajstić information content (AvgIpc) is 3.50. The van der Waals surface area contributed by atoms with Gasteiger partial charge in [-0.1, -0.05) is 35.7 Å². The second-order valence-electron chi connectivity index (χ2n) is 8.31. The van der Waals surface area contributed by atoms with E-state index in [9.17, 15) is 0 Å². The van der Waals surface area contributed by atoms with Gasteiger partial charge in [-0.05, 0) is 68.1 Å². The van der Waals surface area contributed by atoms with Crippen molar-refractivity contribution in [3.8, 4) is 0 Å². The molecule has 6 heteroatoms. The molecule has 3 fully saturated rings. The zero-order chi connectivity index (χ0) is 17.7. The molecule has 27 heavy (non-hydrogen) atoms. The molecule has 0 radical (unpaired) electrons. The van der Waals surface area contributed by atoms with E-state index in [4.69, 9.17) is 28.2 Å². The van der Waals surface area contributed by atoms with Crippen molar-refractivity contribution in [3.63, 3.8) is 0 Å². The van der Waals surface area contributed by atoms with Crippen LogP contribution in [0.3, 0.4) is 0 Å². The van der Waals surface area contributed by atoms with Gasteiger partial charge in [0.1, 0.15) is 0 Å². The molecule has 2 nitrogen and oxygen atoms in total. The summed E-state index contributed by atoms with van der Waals surface area (Å²) in [5.41, 5.74) is 2.86. The predicted molar refractivity (Wildman–Crippen MR) is 120 cm³/mol. The van der Waals surface area contributed by atoms with E-state index in [1.807, 2.05) is 17.4 Å². The number of aromatic nitrogens is 1. The number of benzene rings is 1. The summed E-state index contributed by atoms with van der Waals surface area (Å²) in [4.78, 5) is 6.23. The molecule has 0 atom stereocenters. The van der Waals surface area contributed by atoms with E-state index in [1.54, 1.807) is 0 Å². The molecule has 0 aliphatic heterocycles. The molecule has 0 bridgehead atoms. The van der Waals surface area contributed by atoms with Gasteiger partial charge in [-0.25, -0.2) is 0 Å². The Balaban J connectivity index is 0.00000180. The highest BCUT2D eigenvalue weighted by molar-refractivity contribution is 8.93. The fourth-order valence-corrected chi connectivity index (χ4v) is 5.41. The van der Waals surface area contributed by atoms with Crippen LogP contribution < -0.4 is 4.80 Å². The van der Waals surface area contributed by atoms with E-state index in [1.165, 1.54) is 61.0 Å². The number of thiazole rings is 1. The van der Waals surface area contributed by atoms with Crippen LogP contribution in [0.4, 0.5) is 0 Å². The maximum Gasteiger partial charge on any atom is 0.184 e. The molecule has 3 saturated carbocycles. The van der Waals surface area contributed by atoms with Crippen molar-refractivity contribution in [1.82, 2.24) is 4.57 Å².